The van der Waals surface area contributed by atoms with Gasteiger partial charge in [0.25, 0.3) is 13.4 Å². The average molecular weight is 659 g/mol. The number of aliphatic hydroxyl groups is 5. The molecule has 252 valence electrons. The Balaban J connectivity index is 1.58. The molecule has 1 aromatic rings. The molecule has 0 aromatic carbocycles. The van der Waals surface area contributed by atoms with Crippen molar-refractivity contribution >= 4 is 13.7 Å². The molecule has 0 radical (unpaired) electrons. The van der Waals surface area contributed by atoms with Gasteiger partial charge < -0.3 is 64.0 Å². The van der Waals surface area contributed by atoms with Crippen LogP contribution in [0.4, 0.5) is 0 Å². The number of ether oxygens (including phenoxy) is 5. The van der Waals surface area contributed by atoms with Crippen LogP contribution in [0.15, 0.2) is 21.9 Å². The summed E-state index contributed by atoms with van der Waals surface area (Å²) in [5.74, 6) is -0.733. The molecule has 1 aromatic heterocycles. The first-order chi connectivity index (χ1) is 20.9. The van der Waals surface area contributed by atoms with Crippen LogP contribution >= 0.6 is 7.82 Å². The van der Waals surface area contributed by atoms with Crippen LogP contribution in [0.3, 0.4) is 0 Å². The molecular weight excluding hydrogens is 621 g/mol. The molecule has 0 spiro atoms. The number of nitrogens with zero attached hydrogens (tertiary/aromatic N) is 1. The molecular formula is C23H37N3O17P-. The first-order valence-corrected chi connectivity index (χ1v) is 14.9. The van der Waals surface area contributed by atoms with Crippen molar-refractivity contribution in [3.05, 3.63) is 33.1 Å². The lowest BCUT2D eigenvalue weighted by atomic mass is 9.97. The van der Waals surface area contributed by atoms with Crippen LogP contribution in [-0.4, -0.2) is 143 Å². The average Bonchev–Trinajstić information content (AvgIpc) is 3.25. The van der Waals surface area contributed by atoms with Gasteiger partial charge in [-0.2, -0.15) is 0 Å². The van der Waals surface area contributed by atoms with E-state index in [2.05, 4.69) is 5.32 Å². The van der Waals surface area contributed by atoms with E-state index < -0.39 is 93.4 Å². The molecule has 7 unspecified atom stereocenters. The van der Waals surface area contributed by atoms with Gasteiger partial charge in [-0.05, 0) is 0 Å². The predicted octanol–water partition coefficient (Wildman–Crippen LogP) is -5.35. The lowest BCUT2D eigenvalue weighted by molar-refractivity contribution is -0.284. The van der Waals surface area contributed by atoms with Gasteiger partial charge in [0, 0.05) is 25.8 Å². The second kappa shape index (κ2) is 17.0. The second-order valence-corrected chi connectivity index (χ2v) is 11.0. The van der Waals surface area contributed by atoms with Crippen molar-refractivity contribution < 1.29 is 72.5 Å². The number of amides is 1. The normalized spacial score (nSPS) is 31.9. The van der Waals surface area contributed by atoms with Gasteiger partial charge in [-0.25, -0.2) is 4.79 Å². The Kier molecular flexibility index (Phi) is 14.0. The molecule has 0 aliphatic carbocycles. The van der Waals surface area contributed by atoms with Gasteiger partial charge in [0.1, 0.15) is 42.7 Å². The van der Waals surface area contributed by atoms with Crippen molar-refractivity contribution in [1.82, 2.24) is 14.9 Å². The highest BCUT2D eigenvalue weighted by atomic mass is 31.2. The van der Waals surface area contributed by atoms with E-state index in [1.165, 1.54) is 7.11 Å². The number of aliphatic hydroxyl groups excluding tert-OH is 5. The van der Waals surface area contributed by atoms with Gasteiger partial charge in [0.2, 0.25) is 5.91 Å². The van der Waals surface area contributed by atoms with Gasteiger partial charge in [-0.15, -0.1) is 0 Å². The molecule has 2 fully saturated rings. The highest BCUT2D eigenvalue weighted by Crippen LogP contribution is 2.43. The third-order valence-electron chi connectivity index (χ3n) is 6.58. The number of methoxy groups -OCH3 is 1. The first-order valence-electron chi connectivity index (χ1n) is 13.4. The fraction of sp³-hybridized carbons (Fsp3) is 0.783. The summed E-state index contributed by atoms with van der Waals surface area (Å²) in [6, 6.07) is -0.693. The Morgan fingerprint density at radius 3 is 2.34 bits per heavy atom. The number of hydrogen-bond acceptors (Lipinski definition) is 17. The second-order valence-electron chi connectivity index (χ2n) is 9.68. The molecule has 0 saturated carbocycles. The summed E-state index contributed by atoms with van der Waals surface area (Å²) in [5.41, 5.74) is -1.69. The maximum Gasteiger partial charge on any atom is 0.330 e. The molecule has 44 heavy (non-hydrogen) atoms. The van der Waals surface area contributed by atoms with Crippen LogP contribution < -0.4 is 21.5 Å². The third-order valence-corrected chi connectivity index (χ3v) is 7.51. The van der Waals surface area contributed by atoms with Crippen LogP contribution in [0.5, 0.6) is 0 Å². The topological polar surface area (TPSA) is 290 Å². The van der Waals surface area contributed by atoms with E-state index in [0.29, 0.717) is 13.2 Å². The maximum absolute atomic E-state index is 12.7. The Morgan fingerprint density at radius 1 is 1.02 bits per heavy atom. The van der Waals surface area contributed by atoms with Gasteiger partial charge in [0.15, 0.2) is 12.5 Å². The molecule has 21 heteroatoms. The summed E-state index contributed by atoms with van der Waals surface area (Å²) < 4.78 is 49.1. The van der Waals surface area contributed by atoms with Crippen molar-refractivity contribution in [2.24, 2.45) is 0 Å². The Hall–Kier alpha value is -2.14. The number of phosphoric ester groups is 1. The van der Waals surface area contributed by atoms with Crippen molar-refractivity contribution in [2.45, 2.75) is 61.6 Å². The lowest BCUT2D eigenvalue weighted by Crippen LogP contribution is -2.64. The standard InChI is InChI=1S/C23H38N3O17P/c1-37-6-7-39-9-8-38-5-3-15(29)24-16-19(32)17(30)12(10-27)42-22(16)43-44(35,36)40-11-13-18(31)20(33)21(41-13)26-4-2-14(28)25-23(26)34/h2,4,12-13,16-22,27,30-33H,3,5-11H2,1H3,(H,24,29)(H,35,36)(H,25,28,34)/p-1/t12?,13?,16?,17-,18?,19+,20?,21?,22+/m0/s1. The van der Waals surface area contributed by atoms with Gasteiger partial charge in [0.05, 0.1) is 46.2 Å². The lowest BCUT2D eigenvalue weighted by Gasteiger charge is -2.43. The van der Waals surface area contributed by atoms with Crippen LogP contribution in [0, 0.1) is 0 Å². The van der Waals surface area contributed by atoms with Gasteiger partial charge in [-0.3, -0.25) is 28.2 Å². The predicted molar refractivity (Wildman–Crippen MR) is 140 cm³/mol. The highest BCUT2D eigenvalue weighted by Gasteiger charge is 2.48. The molecule has 3 rings (SSSR count). The Labute approximate surface area is 249 Å². The van der Waals surface area contributed by atoms with E-state index in [0.717, 1.165) is 16.8 Å². The third kappa shape index (κ3) is 9.93. The zero-order valence-corrected chi connectivity index (χ0v) is 24.4. The maximum atomic E-state index is 12.7. The number of H-pyrrole nitrogens is 1. The number of carbonyl (C=O) groups excluding carboxylic acids is 1. The van der Waals surface area contributed by atoms with Gasteiger partial charge >= 0.3 is 5.69 Å². The quantitative estimate of drug-likeness (QED) is 0.0607. The van der Waals surface area contributed by atoms with Crippen molar-refractivity contribution in [3.8, 4) is 0 Å². The Morgan fingerprint density at radius 2 is 1.68 bits per heavy atom. The minimum atomic E-state index is -5.41. The number of rotatable bonds is 17. The van der Waals surface area contributed by atoms with E-state index in [-0.39, 0.29) is 26.2 Å². The molecule has 1 amide bonds. The summed E-state index contributed by atoms with van der Waals surface area (Å²) in [5, 5.41) is 53.2. The highest BCUT2D eigenvalue weighted by molar-refractivity contribution is 7.45. The molecule has 7 N–H and O–H groups in total. The van der Waals surface area contributed by atoms with E-state index in [9.17, 15) is 49.4 Å². The van der Waals surface area contributed by atoms with Crippen LogP contribution in [0.1, 0.15) is 12.6 Å². The zero-order valence-electron chi connectivity index (χ0n) is 23.5. The molecule has 0 bridgehead atoms. The monoisotopic (exact) mass is 658 g/mol. The number of carbonyl (C=O) groups is 1. The SMILES string of the molecule is COCCOCCOCCC(=O)NC1[C@@H](OP(=O)([O-])OCC2OC(n3ccc(=O)[nH]c3=O)C(O)C2O)OC(CO)[C@H](O)[C@@H]1O. The summed E-state index contributed by atoms with van der Waals surface area (Å²) in [6.45, 7) is -0.667. The molecule has 2 aliphatic heterocycles. The number of aromatic amines is 1. The number of phosphoric acid groups is 1. The van der Waals surface area contributed by atoms with Crippen molar-refractivity contribution in [3.63, 3.8) is 0 Å². The Bertz CT molecular complexity index is 1210. The molecule has 3 heterocycles. The number of hydrogen-bond donors (Lipinski definition) is 7. The summed E-state index contributed by atoms with van der Waals surface area (Å²) >= 11 is 0. The van der Waals surface area contributed by atoms with Crippen LogP contribution in [-0.2, 0) is 42.1 Å². The fourth-order valence-electron chi connectivity index (χ4n) is 4.26. The summed E-state index contributed by atoms with van der Waals surface area (Å²) in [7, 11) is -3.89. The van der Waals surface area contributed by atoms with Crippen molar-refractivity contribution in [2.75, 3.05) is 53.4 Å². The largest absolute Gasteiger partial charge is 0.756 e. The molecule has 10 atom stereocenters. The van der Waals surface area contributed by atoms with Crippen LogP contribution in [0.2, 0.25) is 0 Å². The molecule has 2 aliphatic rings. The zero-order chi connectivity index (χ0) is 32.4. The molecule has 2 saturated heterocycles. The number of aromatic nitrogens is 2. The van der Waals surface area contributed by atoms with E-state index >= 15 is 0 Å². The minimum absolute atomic E-state index is 0.0681. The van der Waals surface area contributed by atoms with E-state index in [1.54, 1.807) is 0 Å². The fourth-order valence-corrected chi connectivity index (χ4v) is 5.09. The van der Waals surface area contributed by atoms with E-state index in [1.807, 2.05) is 4.98 Å². The van der Waals surface area contributed by atoms with Gasteiger partial charge in [-0.1, -0.05) is 0 Å². The van der Waals surface area contributed by atoms with Crippen molar-refractivity contribution in [1.29, 1.82) is 0 Å². The number of nitrogens with one attached hydrogen (secondary N) is 2. The summed E-state index contributed by atoms with van der Waals surface area (Å²) in [6.07, 6.45) is -12.8. The smallest absolute Gasteiger partial charge is 0.330 e. The minimum Gasteiger partial charge on any atom is -0.756 e. The summed E-state index contributed by atoms with van der Waals surface area (Å²) in [4.78, 5) is 50.4. The molecule has 20 nitrogen and oxygen atoms in total. The van der Waals surface area contributed by atoms with E-state index in [4.69, 9.17) is 32.7 Å². The van der Waals surface area contributed by atoms with Crippen LogP contribution in [0.25, 0.3) is 0 Å². The first kappa shape index (κ1) is 36.3.